The Bertz CT molecular complexity index is 1100. The van der Waals surface area contributed by atoms with Crippen LogP contribution in [-0.4, -0.2) is 78.5 Å². The standard InChI is InChI=1S/C28H36N2O3.C2HF3O2/c31-27(23-7-2-1-3-8-23)30-18-14-28(15-19-30)12-16-29(17-13-28)21-24-9-4-5-11-26(24)33-22-25-10-6-20-32-25;3-2(4,5)1(6)7/h1-5,7-9,11,25H,6,10,12-22H2;(H,6,7). The minimum absolute atomic E-state index is 0.183. The van der Waals surface area contributed by atoms with E-state index in [1.54, 1.807) is 0 Å². The van der Waals surface area contributed by atoms with Crippen molar-refractivity contribution < 1.29 is 37.3 Å². The van der Waals surface area contributed by atoms with E-state index in [0.717, 1.165) is 76.3 Å². The van der Waals surface area contributed by atoms with Crippen LogP contribution in [0.3, 0.4) is 0 Å². The van der Waals surface area contributed by atoms with Gasteiger partial charge in [-0.2, -0.15) is 13.2 Å². The van der Waals surface area contributed by atoms with E-state index >= 15 is 0 Å². The molecule has 218 valence electrons. The third-order valence-electron chi connectivity index (χ3n) is 8.11. The van der Waals surface area contributed by atoms with E-state index in [4.69, 9.17) is 19.4 Å². The number of ether oxygens (including phenoxy) is 2. The highest BCUT2D eigenvalue weighted by Crippen LogP contribution is 2.42. The lowest BCUT2D eigenvalue weighted by atomic mass is 9.71. The van der Waals surface area contributed by atoms with Crippen LogP contribution in [0.5, 0.6) is 5.75 Å². The Morgan fingerprint density at radius 3 is 2.15 bits per heavy atom. The zero-order chi connectivity index (χ0) is 28.6. The Labute approximate surface area is 232 Å². The average Bonchev–Trinajstić information content (AvgIpc) is 3.48. The second kappa shape index (κ2) is 13.5. The predicted octanol–water partition coefficient (Wildman–Crippen LogP) is 5.40. The van der Waals surface area contributed by atoms with E-state index in [2.05, 4.69) is 34.1 Å². The molecular formula is C30H37F3N2O5. The van der Waals surface area contributed by atoms with Gasteiger partial charge in [0.2, 0.25) is 0 Å². The number of benzene rings is 2. The lowest BCUT2D eigenvalue weighted by molar-refractivity contribution is -0.192. The second-order valence-electron chi connectivity index (χ2n) is 10.8. The molecular weight excluding hydrogens is 525 g/mol. The first-order chi connectivity index (χ1) is 19.2. The Kier molecular flexibility index (Phi) is 10.1. The molecule has 10 heteroatoms. The Morgan fingerprint density at radius 2 is 1.55 bits per heavy atom. The average molecular weight is 563 g/mol. The van der Waals surface area contributed by atoms with E-state index in [1.807, 2.05) is 30.3 Å². The van der Waals surface area contributed by atoms with Gasteiger partial charge in [-0.25, -0.2) is 4.79 Å². The number of hydrogen-bond donors (Lipinski definition) is 1. The van der Waals surface area contributed by atoms with Crippen LogP contribution in [0.1, 0.15) is 54.4 Å². The van der Waals surface area contributed by atoms with Crippen LogP contribution >= 0.6 is 0 Å². The number of nitrogens with zero attached hydrogens (tertiary/aromatic N) is 2. The largest absolute Gasteiger partial charge is 0.491 e. The number of halogens is 3. The summed E-state index contributed by atoms with van der Waals surface area (Å²) >= 11 is 0. The molecule has 7 nitrogen and oxygen atoms in total. The van der Waals surface area contributed by atoms with Crippen LogP contribution in [0.15, 0.2) is 54.6 Å². The molecule has 1 amide bonds. The van der Waals surface area contributed by atoms with Crippen LogP contribution < -0.4 is 4.74 Å². The monoisotopic (exact) mass is 562 g/mol. The van der Waals surface area contributed by atoms with Crippen LogP contribution in [0.2, 0.25) is 0 Å². The maximum absolute atomic E-state index is 12.8. The van der Waals surface area contributed by atoms with Gasteiger partial charge in [0.25, 0.3) is 5.91 Å². The summed E-state index contributed by atoms with van der Waals surface area (Å²) in [5.74, 6) is -1.57. The molecule has 1 N–H and O–H groups in total. The Balaban J connectivity index is 0.000000470. The minimum Gasteiger partial charge on any atom is -0.491 e. The van der Waals surface area contributed by atoms with Crippen molar-refractivity contribution in [1.82, 2.24) is 9.80 Å². The fraction of sp³-hybridized carbons (Fsp3) is 0.533. The van der Waals surface area contributed by atoms with Crippen molar-refractivity contribution in [3.63, 3.8) is 0 Å². The first kappa shape index (κ1) is 29.9. The summed E-state index contributed by atoms with van der Waals surface area (Å²) in [6.45, 7) is 6.46. The predicted molar refractivity (Wildman–Crippen MR) is 143 cm³/mol. The fourth-order valence-electron chi connectivity index (χ4n) is 5.61. The summed E-state index contributed by atoms with van der Waals surface area (Å²) in [5, 5.41) is 7.12. The normalized spacial score (nSPS) is 21.0. The smallest absolute Gasteiger partial charge is 0.490 e. The van der Waals surface area contributed by atoms with Crippen LogP contribution in [0.4, 0.5) is 13.2 Å². The van der Waals surface area contributed by atoms with E-state index < -0.39 is 12.1 Å². The zero-order valence-corrected chi connectivity index (χ0v) is 22.6. The summed E-state index contributed by atoms with van der Waals surface area (Å²) in [7, 11) is 0. The molecule has 0 radical (unpaired) electrons. The zero-order valence-electron chi connectivity index (χ0n) is 22.6. The molecule has 0 aromatic heterocycles. The van der Waals surface area contributed by atoms with E-state index in [0.29, 0.717) is 12.0 Å². The highest BCUT2D eigenvalue weighted by molar-refractivity contribution is 5.94. The number of carbonyl (C=O) groups excluding carboxylic acids is 1. The number of rotatable bonds is 6. The van der Waals surface area contributed by atoms with Crippen molar-refractivity contribution in [1.29, 1.82) is 0 Å². The van der Waals surface area contributed by atoms with Crippen LogP contribution in [-0.2, 0) is 16.1 Å². The lowest BCUT2D eigenvalue weighted by Gasteiger charge is -2.47. The topological polar surface area (TPSA) is 79.3 Å². The number of aliphatic carboxylic acids is 1. The molecule has 3 aliphatic heterocycles. The lowest BCUT2D eigenvalue weighted by Crippen LogP contribution is -2.48. The van der Waals surface area contributed by atoms with Gasteiger partial charge in [0.15, 0.2) is 0 Å². The van der Waals surface area contributed by atoms with Crippen molar-refractivity contribution >= 4 is 11.9 Å². The number of piperidine rings is 2. The van der Waals surface area contributed by atoms with E-state index in [9.17, 15) is 18.0 Å². The summed E-state index contributed by atoms with van der Waals surface area (Å²) in [6, 6.07) is 18.2. The third kappa shape index (κ3) is 8.20. The second-order valence-corrected chi connectivity index (χ2v) is 10.8. The number of para-hydroxylation sites is 1. The molecule has 2 aromatic carbocycles. The quantitative estimate of drug-likeness (QED) is 0.508. The highest BCUT2D eigenvalue weighted by atomic mass is 19.4. The molecule has 3 saturated heterocycles. The SMILES string of the molecule is O=C(O)C(F)(F)F.O=C(c1ccccc1)N1CCC2(CCN(Cc3ccccc3OCC3CCCO3)CC2)CC1. The maximum Gasteiger partial charge on any atom is 0.490 e. The molecule has 2 aromatic rings. The van der Waals surface area contributed by atoms with Gasteiger partial charge >= 0.3 is 12.1 Å². The number of likely N-dealkylation sites (tertiary alicyclic amines) is 2. The maximum atomic E-state index is 12.8. The van der Waals surface area contributed by atoms with E-state index in [-0.39, 0.29) is 12.0 Å². The van der Waals surface area contributed by atoms with Crippen molar-refractivity contribution in [3.05, 3.63) is 65.7 Å². The number of hydrogen-bond acceptors (Lipinski definition) is 5. The molecule has 1 atom stereocenters. The van der Waals surface area contributed by atoms with Gasteiger partial charge in [-0.3, -0.25) is 9.69 Å². The van der Waals surface area contributed by atoms with Crippen molar-refractivity contribution in [3.8, 4) is 5.75 Å². The van der Waals surface area contributed by atoms with Crippen molar-refractivity contribution in [2.75, 3.05) is 39.4 Å². The van der Waals surface area contributed by atoms with Crippen molar-refractivity contribution in [2.24, 2.45) is 5.41 Å². The Hall–Kier alpha value is -3.11. The number of carboxylic acid groups (broad SMARTS) is 1. The first-order valence-corrected chi connectivity index (χ1v) is 13.8. The van der Waals surface area contributed by atoms with Gasteiger partial charge in [-0.15, -0.1) is 0 Å². The molecule has 3 aliphatic rings. The summed E-state index contributed by atoms with van der Waals surface area (Å²) in [4.78, 5) is 26.3. The summed E-state index contributed by atoms with van der Waals surface area (Å²) < 4.78 is 43.6. The highest BCUT2D eigenvalue weighted by Gasteiger charge is 2.39. The number of carbonyl (C=O) groups is 2. The summed E-state index contributed by atoms with van der Waals surface area (Å²) in [5.41, 5.74) is 2.48. The van der Waals surface area contributed by atoms with Crippen LogP contribution in [0, 0.1) is 5.41 Å². The molecule has 40 heavy (non-hydrogen) atoms. The van der Waals surface area contributed by atoms with Gasteiger partial charge in [0, 0.05) is 37.4 Å². The number of amides is 1. The minimum atomic E-state index is -5.08. The number of alkyl halides is 3. The molecule has 1 spiro atoms. The Morgan fingerprint density at radius 1 is 0.950 bits per heavy atom. The van der Waals surface area contributed by atoms with Crippen LogP contribution in [0.25, 0.3) is 0 Å². The first-order valence-electron chi connectivity index (χ1n) is 13.8. The van der Waals surface area contributed by atoms with Gasteiger partial charge in [-0.1, -0.05) is 36.4 Å². The van der Waals surface area contributed by atoms with Crippen molar-refractivity contribution in [2.45, 2.75) is 57.3 Å². The molecule has 0 saturated carbocycles. The molecule has 3 fully saturated rings. The molecule has 0 aliphatic carbocycles. The van der Waals surface area contributed by atoms with Gasteiger partial charge in [0.1, 0.15) is 12.4 Å². The third-order valence-corrected chi connectivity index (χ3v) is 8.11. The van der Waals surface area contributed by atoms with E-state index in [1.165, 1.54) is 18.4 Å². The van der Waals surface area contributed by atoms with Gasteiger partial charge in [-0.05, 0) is 75.2 Å². The molecule has 1 unspecified atom stereocenters. The summed E-state index contributed by atoms with van der Waals surface area (Å²) in [6.07, 6.45) is 2.10. The fourth-order valence-corrected chi connectivity index (χ4v) is 5.61. The van der Waals surface area contributed by atoms with Gasteiger partial charge < -0.3 is 19.5 Å². The molecule has 0 bridgehead atoms. The number of carboxylic acids is 1. The van der Waals surface area contributed by atoms with Gasteiger partial charge in [0.05, 0.1) is 6.10 Å². The molecule has 3 heterocycles. The molecule has 5 rings (SSSR count).